The lowest BCUT2D eigenvalue weighted by molar-refractivity contribution is 0.0695. The Morgan fingerprint density at radius 3 is 3.00 bits per heavy atom. The molecule has 1 unspecified atom stereocenters. The molecule has 16 heavy (non-hydrogen) atoms. The Morgan fingerprint density at radius 1 is 1.75 bits per heavy atom. The second kappa shape index (κ2) is 5.62. The number of aromatic carboxylic acids is 1. The monoisotopic (exact) mass is 227 g/mol. The summed E-state index contributed by atoms with van der Waals surface area (Å²) in [7, 11) is 3.36. The van der Waals surface area contributed by atoms with Crippen LogP contribution in [0, 0.1) is 0 Å². The molecule has 0 aromatic carbocycles. The van der Waals surface area contributed by atoms with E-state index in [1.54, 1.807) is 18.8 Å². The third kappa shape index (κ3) is 3.04. The Morgan fingerprint density at radius 2 is 2.44 bits per heavy atom. The Bertz CT molecular complexity index is 362. The van der Waals surface area contributed by atoms with Gasteiger partial charge >= 0.3 is 5.97 Å². The molecule has 6 nitrogen and oxygen atoms in total. The number of hydrogen-bond donors (Lipinski definition) is 2. The quantitative estimate of drug-likeness (QED) is 0.728. The van der Waals surface area contributed by atoms with E-state index in [4.69, 9.17) is 9.84 Å². The van der Waals surface area contributed by atoms with Gasteiger partial charge in [0.2, 0.25) is 0 Å². The van der Waals surface area contributed by atoms with Crippen molar-refractivity contribution in [1.82, 2.24) is 15.1 Å². The Kier molecular flexibility index (Phi) is 4.45. The molecular formula is C10H17N3O3. The molecule has 0 saturated carbocycles. The SMILES string of the molecule is COC(C)CNCc1c(C(=O)O)cnn1C. The zero-order chi connectivity index (χ0) is 12.1. The smallest absolute Gasteiger partial charge is 0.339 e. The van der Waals surface area contributed by atoms with Crippen LogP contribution in [0.5, 0.6) is 0 Å². The minimum absolute atomic E-state index is 0.0986. The minimum Gasteiger partial charge on any atom is -0.478 e. The molecule has 0 radical (unpaired) electrons. The highest BCUT2D eigenvalue weighted by atomic mass is 16.5. The number of aryl methyl sites for hydroxylation is 1. The molecule has 2 N–H and O–H groups in total. The third-order valence-electron chi connectivity index (χ3n) is 2.42. The van der Waals surface area contributed by atoms with Crippen LogP contribution < -0.4 is 5.32 Å². The average molecular weight is 227 g/mol. The van der Waals surface area contributed by atoms with Gasteiger partial charge in [0.15, 0.2) is 0 Å². The van der Waals surface area contributed by atoms with Crippen molar-refractivity contribution in [2.24, 2.45) is 7.05 Å². The number of rotatable bonds is 6. The van der Waals surface area contributed by atoms with Crippen LogP contribution in [0.2, 0.25) is 0 Å². The van der Waals surface area contributed by atoms with Gasteiger partial charge in [0.05, 0.1) is 18.0 Å². The highest BCUT2D eigenvalue weighted by Crippen LogP contribution is 2.06. The first-order chi connectivity index (χ1) is 7.56. The van der Waals surface area contributed by atoms with E-state index >= 15 is 0 Å². The Hall–Kier alpha value is -1.40. The molecule has 1 aromatic rings. The van der Waals surface area contributed by atoms with Crippen molar-refractivity contribution in [3.63, 3.8) is 0 Å². The average Bonchev–Trinajstić information content (AvgIpc) is 2.60. The zero-order valence-corrected chi connectivity index (χ0v) is 9.73. The number of aromatic nitrogens is 2. The van der Waals surface area contributed by atoms with E-state index in [0.717, 1.165) is 0 Å². The number of carbonyl (C=O) groups is 1. The fourth-order valence-corrected chi connectivity index (χ4v) is 1.33. The summed E-state index contributed by atoms with van der Waals surface area (Å²) in [6.45, 7) is 3.07. The highest BCUT2D eigenvalue weighted by molar-refractivity contribution is 5.88. The number of ether oxygens (including phenoxy) is 1. The largest absolute Gasteiger partial charge is 0.478 e. The summed E-state index contributed by atoms with van der Waals surface area (Å²) in [5.41, 5.74) is 0.899. The Balaban J connectivity index is 2.59. The van der Waals surface area contributed by atoms with Crippen molar-refractivity contribution < 1.29 is 14.6 Å². The summed E-state index contributed by atoms with van der Waals surface area (Å²) in [5, 5.41) is 16.0. The number of nitrogens with one attached hydrogen (secondary N) is 1. The van der Waals surface area contributed by atoms with Crippen LogP contribution in [0.4, 0.5) is 0 Å². The van der Waals surface area contributed by atoms with E-state index in [1.807, 2.05) is 6.92 Å². The summed E-state index contributed by atoms with van der Waals surface area (Å²) in [6, 6.07) is 0. The van der Waals surface area contributed by atoms with Gasteiger partial charge < -0.3 is 15.2 Å². The molecule has 6 heteroatoms. The Labute approximate surface area is 94.2 Å². The fraction of sp³-hybridized carbons (Fsp3) is 0.600. The van der Waals surface area contributed by atoms with Crippen LogP contribution in [-0.2, 0) is 18.3 Å². The summed E-state index contributed by atoms with van der Waals surface area (Å²) >= 11 is 0. The predicted octanol–water partition coefficient (Wildman–Crippen LogP) is 0.243. The van der Waals surface area contributed by atoms with Crippen molar-refractivity contribution in [2.75, 3.05) is 13.7 Å². The molecule has 1 rings (SSSR count). The first kappa shape index (κ1) is 12.7. The van der Waals surface area contributed by atoms with Gasteiger partial charge in [-0.3, -0.25) is 4.68 Å². The van der Waals surface area contributed by atoms with Crippen LogP contribution in [0.3, 0.4) is 0 Å². The van der Waals surface area contributed by atoms with Crippen LogP contribution in [0.15, 0.2) is 6.20 Å². The summed E-state index contributed by atoms with van der Waals surface area (Å²) in [4.78, 5) is 10.9. The van der Waals surface area contributed by atoms with Gasteiger partial charge in [-0.05, 0) is 6.92 Å². The normalized spacial score (nSPS) is 12.7. The van der Waals surface area contributed by atoms with Crippen molar-refractivity contribution in [1.29, 1.82) is 0 Å². The fourth-order valence-electron chi connectivity index (χ4n) is 1.33. The van der Waals surface area contributed by atoms with E-state index in [2.05, 4.69) is 10.4 Å². The van der Waals surface area contributed by atoms with Crippen molar-refractivity contribution >= 4 is 5.97 Å². The molecule has 0 aliphatic rings. The molecule has 0 fully saturated rings. The maximum Gasteiger partial charge on any atom is 0.339 e. The molecule has 0 aliphatic heterocycles. The van der Waals surface area contributed by atoms with Gasteiger partial charge in [-0.1, -0.05) is 0 Å². The maximum absolute atomic E-state index is 10.9. The summed E-state index contributed by atoms with van der Waals surface area (Å²) < 4.78 is 6.64. The van der Waals surface area contributed by atoms with Crippen molar-refractivity contribution in [3.8, 4) is 0 Å². The van der Waals surface area contributed by atoms with Gasteiger partial charge in [0.25, 0.3) is 0 Å². The maximum atomic E-state index is 10.9. The number of methoxy groups -OCH3 is 1. The lowest BCUT2D eigenvalue weighted by Crippen LogP contribution is -2.27. The molecule has 1 atom stereocenters. The molecule has 1 heterocycles. The van der Waals surface area contributed by atoms with Crippen LogP contribution >= 0.6 is 0 Å². The molecule has 0 bridgehead atoms. The van der Waals surface area contributed by atoms with E-state index in [1.165, 1.54) is 6.20 Å². The minimum atomic E-state index is -0.954. The first-order valence-electron chi connectivity index (χ1n) is 5.04. The predicted molar refractivity (Wildman–Crippen MR) is 58.3 cm³/mol. The van der Waals surface area contributed by atoms with E-state index in [9.17, 15) is 4.79 Å². The highest BCUT2D eigenvalue weighted by Gasteiger charge is 2.14. The number of carboxylic acid groups (broad SMARTS) is 1. The lowest BCUT2D eigenvalue weighted by atomic mass is 10.2. The van der Waals surface area contributed by atoms with Crippen molar-refractivity contribution in [2.45, 2.75) is 19.6 Å². The van der Waals surface area contributed by atoms with E-state index in [-0.39, 0.29) is 11.7 Å². The second-order valence-corrected chi connectivity index (χ2v) is 3.61. The zero-order valence-electron chi connectivity index (χ0n) is 9.73. The van der Waals surface area contributed by atoms with E-state index in [0.29, 0.717) is 18.8 Å². The number of hydrogen-bond acceptors (Lipinski definition) is 4. The molecular weight excluding hydrogens is 210 g/mol. The van der Waals surface area contributed by atoms with Gasteiger partial charge in [-0.15, -0.1) is 0 Å². The van der Waals surface area contributed by atoms with Crippen LogP contribution in [0.1, 0.15) is 23.0 Å². The summed E-state index contributed by atoms with van der Waals surface area (Å²) in [6.07, 6.45) is 1.46. The molecule has 0 saturated heterocycles. The molecule has 0 aliphatic carbocycles. The van der Waals surface area contributed by atoms with Crippen molar-refractivity contribution in [3.05, 3.63) is 17.5 Å². The van der Waals surface area contributed by atoms with Gasteiger partial charge in [0, 0.05) is 27.2 Å². The van der Waals surface area contributed by atoms with E-state index < -0.39 is 5.97 Å². The third-order valence-corrected chi connectivity index (χ3v) is 2.42. The molecule has 90 valence electrons. The van der Waals surface area contributed by atoms with Gasteiger partial charge in [0.1, 0.15) is 5.56 Å². The number of carboxylic acids is 1. The summed E-state index contributed by atoms with van der Waals surface area (Å²) in [5.74, 6) is -0.954. The lowest BCUT2D eigenvalue weighted by Gasteiger charge is -2.11. The van der Waals surface area contributed by atoms with Gasteiger partial charge in [-0.2, -0.15) is 5.10 Å². The molecule has 0 spiro atoms. The number of nitrogens with zero attached hydrogens (tertiary/aromatic N) is 2. The topological polar surface area (TPSA) is 76.4 Å². The molecule has 1 aromatic heterocycles. The standard InChI is InChI=1S/C10H17N3O3/c1-7(16-3)4-11-6-9-8(10(14)15)5-12-13(9)2/h5,7,11H,4,6H2,1-3H3,(H,14,15). The van der Waals surface area contributed by atoms with Crippen LogP contribution in [0.25, 0.3) is 0 Å². The first-order valence-corrected chi connectivity index (χ1v) is 5.04. The van der Waals surface area contributed by atoms with Gasteiger partial charge in [-0.25, -0.2) is 4.79 Å². The van der Waals surface area contributed by atoms with Crippen LogP contribution in [-0.4, -0.2) is 40.6 Å². The molecule has 0 amide bonds. The second-order valence-electron chi connectivity index (χ2n) is 3.61.